The zero-order valence-electron chi connectivity index (χ0n) is 9.87. The molecule has 0 amide bonds. The average Bonchev–Trinajstić information content (AvgIpc) is 2.92. The third-order valence-electron chi connectivity index (χ3n) is 4.00. The monoisotopic (exact) mass is 228 g/mol. The van der Waals surface area contributed by atoms with Crippen LogP contribution in [-0.2, 0) is 14.2 Å². The Kier molecular flexibility index (Phi) is 3.16. The molecule has 4 nitrogen and oxygen atoms in total. The smallest absolute Gasteiger partial charge is 0.169 e. The van der Waals surface area contributed by atoms with E-state index in [0.29, 0.717) is 6.10 Å². The Morgan fingerprint density at radius 2 is 1.88 bits per heavy atom. The van der Waals surface area contributed by atoms with E-state index in [1.54, 1.807) is 4.90 Å². The third kappa shape index (κ3) is 2.25. The van der Waals surface area contributed by atoms with E-state index in [1.807, 2.05) is 0 Å². The van der Waals surface area contributed by atoms with Crippen LogP contribution in [0.15, 0.2) is 0 Å². The minimum atomic E-state index is -0.184. The second-order valence-electron chi connectivity index (χ2n) is 5.24. The Bertz CT molecular complexity index is 234. The van der Waals surface area contributed by atoms with E-state index in [4.69, 9.17) is 14.2 Å². The highest BCUT2D eigenvalue weighted by Gasteiger charge is 2.44. The number of nitrogens with one attached hydrogen (secondary N) is 1. The summed E-state index contributed by atoms with van der Waals surface area (Å²) in [7, 11) is 0. The molecule has 2 aliphatic heterocycles. The first kappa shape index (κ1) is 11.0. The van der Waals surface area contributed by atoms with Crippen molar-refractivity contribution in [1.29, 1.82) is 0 Å². The van der Waals surface area contributed by atoms with E-state index >= 15 is 0 Å². The highest BCUT2D eigenvalue weighted by atomic mass is 16.7. The van der Waals surface area contributed by atoms with Crippen LogP contribution < -0.4 is 4.90 Å². The summed E-state index contributed by atoms with van der Waals surface area (Å²) in [5, 5.41) is 0. The van der Waals surface area contributed by atoms with Crippen LogP contribution in [0.3, 0.4) is 0 Å². The van der Waals surface area contributed by atoms with Gasteiger partial charge in [-0.1, -0.05) is 0 Å². The van der Waals surface area contributed by atoms with Crippen LogP contribution in [0, 0.1) is 0 Å². The van der Waals surface area contributed by atoms with Gasteiger partial charge in [-0.3, -0.25) is 0 Å². The summed E-state index contributed by atoms with van der Waals surface area (Å²) >= 11 is 0. The molecular weight excluding hydrogens is 206 g/mol. The number of quaternary nitrogens is 1. The molecule has 3 aliphatic rings. The van der Waals surface area contributed by atoms with Gasteiger partial charge in [-0.2, -0.15) is 0 Å². The summed E-state index contributed by atoms with van der Waals surface area (Å²) in [5.74, 6) is -0.184. The lowest BCUT2D eigenvalue weighted by atomic mass is 10.2. The highest BCUT2D eigenvalue weighted by molar-refractivity contribution is 4.83. The van der Waals surface area contributed by atoms with Gasteiger partial charge >= 0.3 is 0 Å². The minimum absolute atomic E-state index is 0.184. The summed E-state index contributed by atoms with van der Waals surface area (Å²) in [6.07, 6.45) is 5.03. The summed E-state index contributed by atoms with van der Waals surface area (Å²) < 4.78 is 17.4. The quantitative estimate of drug-likeness (QED) is 0.697. The lowest BCUT2D eigenvalue weighted by Gasteiger charge is -2.26. The molecule has 16 heavy (non-hydrogen) atoms. The molecule has 0 aromatic rings. The Hall–Kier alpha value is -0.160. The maximum atomic E-state index is 6.13. The summed E-state index contributed by atoms with van der Waals surface area (Å²) in [4.78, 5) is 1.61. The van der Waals surface area contributed by atoms with E-state index in [1.165, 1.54) is 12.8 Å². The van der Waals surface area contributed by atoms with Gasteiger partial charge in [0.15, 0.2) is 5.79 Å². The summed E-state index contributed by atoms with van der Waals surface area (Å²) in [6, 6.07) is 0. The van der Waals surface area contributed by atoms with Crippen molar-refractivity contribution in [3.05, 3.63) is 0 Å². The highest BCUT2D eigenvalue weighted by Crippen LogP contribution is 2.38. The Morgan fingerprint density at radius 3 is 2.62 bits per heavy atom. The molecule has 3 fully saturated rings. The molecule has 1 unspecified atom stereocenters. The molecule has 1 atom stereocenters. The SMILES string of the molecule is C1CCC2(C1)OCC(C[NH+]1CCOCC1)O2. The molecule has 2 heterocycles. The fraction of sp³-hybridized carbons (Fsp3) is 1.00. The molecule has 4 heteroatoms. The van der Waals surface area contributed by atoms with E-state index < -0.39 is 0 Å². The van der Waals surface area contributed by atoms with Gasteiger partial charge in [0.05, 0.1) is 19.8 Å². The van der Waals surface area contributed by atoms with Crippen LogP contribution >= 0.6 is 0 Å². The zero-order valence-corrected chi connectivity index (χ0v) is 9.87. The molecule has 1 N–H and O–H groups in total. The first-order chi connectivity index (χ1) is 7.86. The lowest BCUT2D eigenvalue weighted by molar-refractivity contribution is -0.910. The molecule has 92 valence electrons. The van der Waals surface area contributed by atoms with Crippen molar-refractivity contribution in [2.24, 2.45) is 0 Å². The standard InChI is InChI=1S/C12H21NO3/c1-2-4-12(3-1)15-10-11(16-12)9-13-5-7-14-8-6-13/h11H,1-10H2/p+1. The van der Waals surface area contributed by atoms with Crippen molar-refractivity contribution in [3.63, 3.8) is 0 Å². The minimum Gasteiger partial charge on any atom is -0.370 e. The van der Waals surface area contributed by atoms with Crippen molar-refractivity contribution < 1.29 is 19.1 Å². The molecule has 1 aliphatic carbocycles. The van der Waals surface area contributed by atoms with Crippen molar-refractivity contribution in [3.8, 4) is 0 Å². The van der Waals surface area contributed by atoms with Crippen LogP contribution in [0.5, 0.6) is 0 Å². The average molecular weight is 228 g/mol. The maximum Gasteiger partial charge on any atom is 0.169 e. The molecule has 3 rings (SSSR count). The zero-order chi connectivity index (χ0) is 10.8. The van der Waals surface area contributed by atoms with Crippen molar-refractivity contribution in [2.45, 2.75) is 37.6 Å². The molecule has 1 spiro atoms. The van der Waals surface area contributed by atoms with E-state index in [9.17, 15) is 0 Å². The Morgan fingerprint density at radius 1 is 1.12 bits per heavy atom. The number of ether oxygens (including phenoxy) is 3. The van der Waals surface area contributed by atoms with Crippen LogP contribution in [0.25, 0.3) is 0 Å². The molecule has 1 saturated carbocycles. The molecular formula is C12H22NO3+. The second-order valence-corrected chi connectivity index (χ2v) is 5.24. The molecule has 0 aromatic heterocycles. The fourth-order valence-electron chi connectivity index (χ4n) is 3.08. The Labute approximate surface area is 96.8 Å². The van der Waals surface area contributed by atoms with Crippen LogP contribution in [0.4, 0.5) is 0 Å². The van der Waals surface area contributed by atoms with Gasteiger partial charge in [-0.05, 0) is 12.8 Å². The van der Waals surface area contributed by atoms with Gasteiger partial charge in [-0.15, -0.1) is 0 Å². The predicted octanol–water partition coefficient (Wildman–Crippen LogP) is -0.413. The Balaban J connectivity index is 1.49. The van der Waals surface area contributed by atoms with Gasteiger partial charge in [0, 0.05) is 12.8 Å². The van der Waals surface area contributed by atoms with Gasteiger partial charge < -0.3 is 19.1 Å². The lowest BCUT2D eigenvalue weighted by Crippen LogP contribution is -3.15. The molecule has 0 aromatic carbocycles. The van der Waals surface area contributed by atoms with Crippen molar-refractivity contribution in [1.82, 2.24) is 0 Å². The summed E-state index contributed by atoms with van der Waals surface area (Å²) in [6.45, 7) is 5.91. The van der Waals surface area contributed by atoms with E-state index in [-0.39, 0.29) is 5.79 Å². The first-order valence-corrected chi connectivity index (χ1v) is 6.59. The van der Waals surface area contributed by atoms with Crippen LogP contribution in [-0.4, -0.2) is 51.3 Å². The van der Waals surface area contributed by atoms with Crippen molar-refractivity contribution >= 4 is 0 Å². The van der Waals surface area contributed by atoms with Gasteiger partial charge in [0.25, 0.3) is 0 Å². The van der Waals surface area contributed by atoms with Crippen molar-refractivity contribution in [2.75, 3.05) is 39.5 Å². The number of rotatable bonds is 2. The topological polar surface area (TPSA) is 32.1 Å². The van der Waals surface area contributed by atoms with Gasteiger partial charge in [0.2, 0.25) is 0 Å². The maximum absolute atomic E-state index is 6.13. The molecule has 0 bridgehead atoms. The largest absolute Gasteiger partial charge is 0.370 e. The molecule has 2 saturated heterocycles. The van der Waals surface area contributed by atoms with Crippen LogP contribution in [0.1, 0.15) is 25.7 Å². The number of hydrogen-bond donors (Lipinski definition) is 1. The predicted molar refractivity (Wildman–Crippen MR) is 58.4 cm³/mol. The van der Waals surface area contributed by atoms with E-state index in [0.717, 1.165) is 52.3 Å². The fourth-order valence-corrected chi connectivity index (χ4v) is 3.08. The van der Waals surface area contributed by atoms with Crippen LogP contribution in [0.2, 0.25) is 0 Å². The second kappa shape index (κ2) is 4.61. The third-order valence-corrected chi connectivity index (χ3v) is 4.00. The first-order valence-electron chi connectivity index (χ1n) is 6.59. The normalized spacial score (nSPS) is 34.9. The van der Waals surface area contributed by atoms with Gasteiger partial charge in [0.1, 0.15) is 25.7 Å². The number of morpholine rings is 1. The molecule has 0 radical (unpaired) electrons. The summed E-state index contributed by atoms with van der Waals surface area (Å²) in [5.41, 5.74) is 0. The number of hydrogen-bond acceptors (Lipinski definition) is 3. The van der Waals surface area contributed by atoms with Gasteiger partial charge in [-0.25, -0.2) is 0 Å². The van der Waals surface area contributed by atoms with E-state index in [2.05, 4.69) is 0 Å².